The molecule has 5 nitrogen and oxygen atoms in total. The van der Waals surface area contributed by atoms with E-state index in [-0.39, 0.29) is 5.91 Å². The minimum Gasteiger partial charge on any atom is -0.382 e. The van der Waals surface area contributed by atoms with Crippen LogP contribution in [0.5, 0.6) is 0 Å². The van der Waals surface area contributed by atoms with Crippen molar-refractivity contribution in [3.8, 4) is 0 Å². The highest BCUT2D eigenvalue weighted by atomic mass is 16.2. The molecule has 1 aromatic rings. The number of anilines is 1. The fourth-order valence-corrected chi connectivity index (χ4v) is 1.58. The number of amides is 1. The maximum Gasteiger partial charge on any atom is 0.274 e. The van der Waals surface area contributed by atoms with E-state index in [4.69, 9.17) is 5.73 Å². The van der Waals surface area contributed by atoms with Crippen LogP contribution in [0.25, 0.3) is 0 Å². The summed E-state index contributed by atoms with van der Waals surface area (Å²) in [5.41, 5.74) is 5.76. The number of nitrogens with two attached hydrogens (primary N) is 1. The first-order valence-electron chi connectivity index (χ1n) is 5.05. The maximum absolute atomic E-state index is 11.9. The lowest BCUT2D eigenvalue weighted by atomic mass is 9.92. The lowest BCUT2D eigenvalue weighted by molar-refractivity contribution is 0.0645. The summed E-state index contributed by atoms with van der Waals surface area (Å²) in [5, 5.41) is 7.44. The average molecular weight is 206 g/mol. The van der Waals surface area contributed by atoms with E-state index < -0.39 is 0 Å². The molecule has 1 saturated carbocycles. The average Bonchev–Trinajstić information content (AvgIpc) is 2.15. The summed E-state index contributed by atoms with van der Waals surface area (Å²) in [6.07, 6.45) is 3.38. The second kappa shape index (κ2) is 3.84. The van der Waals surface area contributed by atoms with E-state index in [1.165, 1.54) is 6.42 Å². The second-order valence-corrected chi connectivity index (χ2v) is 3.84. The molecule has 1 fully saturated rings. The molecule has 0 aromatic carbocycles. The van der Waals surface area contributed by atoms with E-state index >= 15 is 0 Å². The smallest absolute Gasteiger partial charge is 0.274 e. The van der Waals surface area contributed by atoms with E-state index in [1.54, 1.807) is 17.0 Å². The van der Waals surface area contributed by atoms with Crippen molar-refractivity contribution in [1.82, 2.24) is 15.1 Å². The summed E-state index contributed by atoms with van der Waals surface area (Å²) >= 11 is 0. The van der Waals surface area contributed by atoms with Gasteiger partial charge in [-0.3, -0.25) is 4.79 Å². The van der Waals surface area contributed by atoms with Crippen LogP contribution >= 0.6 is 0 Å². The normalized spacial score (nSPS) is 15.8. The maximum atomic E-state index is 11.9. The molecule has 2 rings (SSSR count). The minimum absolute atomic E-state index is 0.0767. The Labute approximate surface area is 88.3 Å². The molecule has 1 amide bonds. The Morgan fingerprint density at radius 2 is 2.20 bits per heavy atom. The minimum atomic E-state index is -0.0767. The van der Waals surface area contributed by atoms with Crippen molar-refractivity contribution in [2.75, 3.05) is 12.8 Å². The zero-order chi connectivity index (χ0) is 10.8. The van der Waals surface area contributed by atoms with Crippen LogP contribution in [-0.2, 0) is 0 Å². The number of rotatable bonds is 2. The number of nitrogens with zero attached hydrogens (tertiary/aromatic N) is 3. The first-order valence-corrected chi connectivity index (χ1v) is 5.05. The lowest BCUT2D eigenvalue weighted by Gasteiger charge is -2.34. The highest BCUT2D eigenvalue weighted by molar-refractivity contribution is 5.92. The Kier molecular flexibility index (Phi) is 2.53. The van der Waals surface area contributed by atoms with Crippen molar-refractivity contribution in [3.05, 3.63) is 17.8 Å². The van der Waals surface area contributed by atoms with Gasteiger partial charge in [-0.05, 0) is 31.4 Å². The number of nitrogen functional groups attached to an aromatic ring is 1. The zero-order valence-corrected chi connectivity index (χ0v) is 8.68. The van der Waals surface area contributed by atoms with Gasteiger partial charge in [-0.2, -0.15) is 0 Å². The Bertz CT molecular complexity index is 358. The number of carbonyl (C=O) groups is 1. The van der Waals surface area contributed by atoms with Gasteiger partial charge in [0.05, 0.1) is 0 Å². The number of hydrogen-bond donors (Lipinski definition) is 1. The van der Waals surface area contributed by atoms with Crippen molar-refractivity contribution in [2.24, 2.45) is 0 Å². The molecule has 5 heteroatoms. The van der Waals surface area contributed by atoms with E-state index in [0.29, 0.717) is 17.6 Å². The third kappa shape index (κ3) is 1.91. The van der Waals surface area contributed by atoms with E-state index in [9.17, 15) is 4.79 Å². The van der Waals surface area contributed by atoms with Gasteiger partial charge in [0.15, 0.2) is 5.69 Å². The molecule has 1 heterocycles. The largest absolute Gasteiger partial charge is 0.382 e. The Hall–Kier alpha value is -1.65. The molecule has 0 aliphatic heterocycles. The van der Waals surface area contributed by atoms with Gasteiger partial charge in [0.25, 0.3) is 5.91 Å². The molecule has 0 radical (unpaired) electrons. The first-order chi connectivity index (χ1) is 7.18. The molecule has 0 spiro atoms. The van der Waals surface area contributed by atoms with Crippen LogP contribution in [-0.4, -0.2) is 34.1 Å². The monoisotopic (exact) mass is 206 g/mol. The SMILES string of the molecule is CN(C(=O)c1ccc(N)nn1)C1CCC1. The topological polar surface area (TPSA) is 72.1 Å². The summed E-state index contributed by atoms with van der Waals surface area (Å²) in [6, 6.07) is 3.58. The van der Waals surface area contributed by atoms with E-state index in [2.05, 4.69) is 10.2 Å². The van der Waals surface area contributed by atoms with Gasteiger partial charge in [0.2, 0.25) is 0 Å². The number of carbonyl (C=O) groups excluding carboxylic acids is 1. The molecule has 2 N–H and O–H groups in total. The predicted octanol–water partition coefficient (Wildman–Crippen LogP) is 0.683. The molecule has 0 saturated heterocycles. The Morgan fingerprint density at radius 3 is 2.67 bits per heavy atom. The third-order valence-electron chi connectivity index (χ3n) is 2.85. The first kappa shape index (κ1) is 9.89. The molecule has 0 atom stereocenters. The fraction of sp³-hybridized carbons (Fsp3) is 0.500. The second-order valence-electron chi connectivity index (χ2n) is 3.84. The van der Waals surface area contributed by atoms with Gasteiger partial charge in [-0.25, -0.2) is 0 Å². The van der Waals surface area contributed by atoms with Crippen molar-refractivity contribution < 1.29 is 4.79 Å². The van der Waals surface area contributed by atoms with Crippen LogP contribution in [0.1, 0.15) is 29.8 Å². The van der Waals surface area contributed by atoms with Gasteiger partial charge in [-0.1, -0.05) is 0 Å². The Morgan fingerprint density at radius 1 is 1.47 bits per heavy atom. The summed E-state index contributed by atoms with van der Waals surface area (Å²) in [5.74, 6) is 0.255. The van der Waals surface area contributed by atoms with Crippen LogP contribution in [0.15, 0.2) is 12.1 Å². The van der Waals surface area contributed by atoms with Crippen LogP contribution in [0, 0.1) is 0 Å². The van der Waals surface area contributed by atoms with Crippen molar-refractivity contribution in [1.29, 1.82) is 0 Å². The van der Waals surface area contributed by atoms with Gasteiger partial charge >= 0.3 is 0 Å². The van der Waals surface area contributed by atoms with Crippen molar-refractivity contribution in [3.63, 3.8) is 0 Å². The van der Waals surface area contributed by atoms with E-state index in [1.807, 2.05) is 7.05 Å². The highest BCUT2D eigenvalue weighted by Gasteiger charge is 2.26. The molecule has 15 heavy (non-hydrogen) atoms. The summed E-state index contributed by atoms with van der Waals surface area (Å²) in [7, 11) is 1.81. The lowest BCUT2D eigenvalue weighted by Crippen LogP contribution is -2.41. The number of aromatic nitrogens is 2. The van der Waals surface area contributed by atoms with Crippen LogP contribution < -0.4 is 5.73 Å². The summed E-state index contributed by atoms with van der Waals surface area (Å²) < 4.78 is 0. The molecular formula is C10H14N4O. The van der Waals surface area contributed by atoms with E-state index in [0.717, 1.165) is 12.8 Å². The van der Waals surface area contributed by atoms with Gasteiger partial charge in [-0.15, -0.1) is 10.2 Å². The zero-order valence-electron chi connectivity index (χ0n) is 8.68. The molecule has 1 aromatic heterocycles. The van der Waals surface area contributed by atoms with Crippen molar-refractivity contribution >= 4 is 11.7 Å². The molecule has 1 aliphatic carbocycles. The molecule has 1 aliphatic rings. The van der Waals surface area contributed by atoms with Gasteiger partial charge in [0, 0.05) is 13.1 Å². The molecule has 80 valence electrons. The highest BCUT2D eigenvalue weighted by Crippen LogP contribution is 2.24. The van der Waals surface area contributed by atoms with Gasteiger partial charge in [0.1, 0.15) is 5.82 Å². The van der Waals surface area contributed by atoms with Crippen molar-refractivity contribution in [2.45, 2.75) is 25.3 Å². The van der Waals surface area contributed by atoms with Crippen LogP contribution in [0.3, 0.4) is 0 Å². The quantitative estimate of drug-likeness (QED) is 0.772. The predicted molar refractivity (Wildman–Crippen MR) is 56.2 cm³/mol. The Balaban J connectivity index is 2.09. The third-order valence-corrected chi connectivity index (χ3v) is 2.85. The molecular weight excluding hydrogens is 192 g/mol. The van der Waals surface area contributed by atoms with Crippen LogP contribution in [0.2, 0.25) is 0 Å². The molecule has 0 bridgehead atoms. The summed E-state index contributed by atoms with van der Waals surface area (Å²) in [4.78, 5) is 13.6. The number of hydrogen-bond acceptors (Lipinski definition) is 4. The summed E-state index contributed by atoms with van der Waals surface area (Å²) in [6.45, 7) is 0. The van der Waals surface area contributed by atoms with Gasteiger partial charge < -0.3 is 10.6 Å². The van der Waals surface area contributed by atoms with Crippen LogP contribution in [0.4, 0.5) is 5.82 Å². The fourth-order valence-electron chi connectivity index (χ4n) is 1.58. The molecule has 0 unspecified atom stereocenters. The standard InChI is InChI=1S/C10H14N4O/c1-14(7-3-2-4-7)10(15)8-5-6-9(11)13-12-8/h5-7H,2-4H2,1H3,(H2,11,13).